The van der Waals surface area contributed by atoms with Crippen molar-refractivity contribution in [3.63, 3.8) is 0 Å². The molecule has 0 saturated heterocycles. The number of rotatable bonds is 6. The second-order valence-corrected chi connectivity index (χ2v) is 6.84. The van der Waals surface area contributed by atoms with Crippen LogP contribution in [0.15, 0.2) is 48.7 Å². The van der Waals surface area contributed by atoms with Gasteiger partial charge in [0.1, 0.15) is 12.2 Å². The topological polar surface area (TPSA) is 97.8 Å². The van der Waals surface area contributed by atoms with Crippen LogP contribution < -0.4 is 5.32 Å². The molecule has 1 aliphatic carbocycles. The fourth-order valence-electron chi connectivity index (χ4n) is 3.50. The van der Waals surface area contributed by atoms with E-state index in [0.717, 1.165) is 11.1 Å². The summed E-state index contributed by atoms with van der Waals surface area (Å²) in [6.45, 7) is 2.10. The van der Waals surface area contributed by atoms with Crippen LogP contribution in [0.5, 0.6) is 0 Å². The Morgan fingerprint density at radius 3 is 2.75 bits per heavy atom. The molecule has 7 heteroatoms. The number of esters is 1. The fourth-order valence-corrected chi connectivity index (χ4v) is 3.50. The molecule has 7 nitrogen and oxygen atoms in total. The molecule has 2 N–H and O–H groups in total. The molecule has 1 aromatic heterocycles. The Balaban J connectivity index is 1.67. The molecule has 0 radical (unpaired) electrons. The highest BCUT2D eigenvalue weighted by atomic mass is 16.5. The number of pyridine rings is 1. The number of ether oxygens (including phenoxy) is 2. The van der Waals surface area contributed by atoms with E-state index in [2.05, 4.69) is 10.3 Å². The van der Waals surface area contributed by atoms with Crippen molar-refractivity contribution in [1.29, 1.82) is 0 Å². The van der Waals surface area contributed by atoms with Gasteiger partial charge in [0, 0.05) is 18.7 Å². The molecule has 0 bridgehead atoms. The summed E-state index contributed by atoms with van der Waals surface area (Å²) in [5.74, 6) is -0.506. The smallest absolute Gasteiger partial charge is 0.407 e. The van der Waals surface area contributed by atoms with Gasteiger partial charge in [-0.05, 0) is 30.5 Å². The molecule has 0 fully saturated rings. The summed E-state index contributed by atoms with van der Waals surface area (Å²) in [4.78, 5) is 28.5. The Bertz CT molecular complexity index is 827. The number of nitrogens with one attached hydrogen (secondary N) is 1. The van der Waals surface area contributed by atoms with E-state index in [0.29, 0.717) is 12.1 Å². The van der Waals surface area contributed by atoms with E-state index in [1.165, 1.54) is 0 Å². The summed E-state index contributed by atoms with van der Waals surface area (Å²) in [7, 11) is 0. The van der Waals surface area contributed by atoms with Crippen LogP contribution in [0.25, 0.3) is 0 Å². The van der Waals surface area contributed by atoms with Crippen molar-refractivity contribution >= 4 is 12.1 Å². The highest BCUT2D eigenvalue weighted by molar-refractivity contribution is 5.71. The van der Waals surface area contributed by atoms with Crippen LogP contribution in [-0.2, 0) is 32.9 Å². The summed E-state index contributed by atoms with van der Waals surface area (Å²) >= 11 is 0. The summed E-state index contributed by atoms with van der Waals surface area (Å²) in [6.07, 6.45) is 1.43. The number of nitrogens with zero attached hydrogens (tertiary/aromatic N) is 1. The molecule has 148 valence electrons. The maximum atomic E-state index is 12.2. The first-order valence-corrected chi connectivity index (χ1v) is 9.30. The molecule has 2 aromatic rings. The number of carbonyl (C=O) groups excluding carboxylic acids is 2. The SMILES string of the molecule is CCOC(=O)C[C@@]1(O)C[C@H](NC(=O)OCc2ccccc2)Cc2cccnc21. The van der Waals surface area contributed by atoms with Crippen LogP contribution in [0.1, 0.15) is 36.6 Å². The average molecular weight is 384 g/mol. The van der Waals surface area contributed by atoms with Gasteiger partial charge in [-0.1, -0.05) is 36.4 Å². The van der Waals surface area contributed by atoms with Crippen molar-refractivity contribution in [2.75, 3.05) is 6.61 Å². The molecule has 2 atom stereocenters. The van der Waals surface area contributed by atoms with E-state index in [1.54, 1.807) is 19.2 Å². The number of aromatic nitrogens is 1. The quantitative estimate of drug-likeness (QED) is 0.743. The number of amides is 1. The largest absolute Gasteiger partial charge is 0.466 e. The number of hydrogen-bond donors (Lipinski definition) is 2. The van der Waals surface area contributed by atoms with Crippen LogP contribution in [0.3, 0.4) is 0 Å². The van der Waals surface area contributed by atoms with Gasteiger partial charge in [-0.15, -0.1) is 0 Å². The number of alkyl carbamates (subject to hydrolysis) is 1. The minimum atomic E-state index is -1.50. The predicted molar refractivity (Wildman–Crippen MR) is 101 cm³/mol. The molecule has 0 unspecified atom stereocenters. The average Bonchev–Trinajstić information content (AvgIpc) is 2.67. The zero-order valence-electron chi connectivity index (χ0n) is 15.8. The normalized spacial score (nSPS) is 20.7. The molecule has 1 heterocycles. The molecule has 0 spiro atoms. The molecule has 28 heavy (non-hydrogen) atoms. The lowest BCUT2D eigenvalue weighted by atomic mass is 9.78. The van der Waals surface area contributed by atoms with Crippen molar-refractivity contribution in [3.8, 4) is 0 Å². The predicted octanol–water partition coefficient (Wildman–Crippen LogP) is 2.46. The van der Waals surface area contributed by atoms with Crippen LogP contribution in [0.2, 0.25) is 0 Å². The van der Waals surface area contributed by atoms with Crippen LogP contribution in [0, 0.1) is 0 Å². The van der Waals surface area contributed by atoms with Crippen molar-refractivity contribution < 1.29 is 24.2 Å². The Kier molecular flexibility index (Phi) is 6.26. The molecule has 1 amide bonds. The maximum absolute atomic E-state index is 12.2. The monoisotopic (exact) mass is 384 g/mol. The first-order valence-electron chi connectivity index (χ1n) is 9.30. The van der Waals surface area contributed by atoms with Gasteiger partial charge >= 0.3 is 12.1 Å². The van der Waals surface area contributed by atoms with E-state index >= 15 is 0 Å². The number of benzene rings is 1. The Labute approximate surface area is 163 Å². The minimum absolute atomic E-state index is 0.149. The summed E-state index contributed by atoms with van der Waals surface area (Å²) in [5.41, 5.74) is 0.626. The fraction of sp³-hybridized carbons (Fsp3) is 0.381. The number of hydrogen-bond acceptors (Lipinski definition) is 6. The van der Waals surface area contributed by atoms with Gasteiger partial charge in [-0.2, -0.15) is 0 Å². The molecule has 1 aromatic carbocycles. The van der Waals surface area contributed by atoms with E-state index in [4.69, 9.17) is 9.47 Å². The third-order valence-electron chi connectivity index (χ3n) is 4.66. The third-order valence-corrected chi connectivity index (χ3v) is 4.66. The number of carbonyl (C=O) groups is 2. The van der Waals surface area contributed by atoms with Crippen molar-refractivity contribution in [3.05, 3.63) is 65.5 Å². The van der Waals surface area contributed by atoms with Crippen molar-refractivity contribution in [2.24, 2.45) is 0 Å². The van der Waals surface area contributed by atoms with Gasteiger partial charge in [-0.25, -0.2) is 4.79 Å². The van der Waals surface area contributed by atoms with Crippen LogP contribution in [-0.4, -0.2) is 34.8 Å². The summed E-state index contributed by atoms with van der Waals surface area (Å²) in [6, 6.07) is 12.6. The van der Waals surface area contributed by atoms with Crippen LogP contribution in [0.4, 0.5) is 4.79 Å². The van der Waals surface area contributed by atoms with E-state index in [-0.39, 0.29) is 32.1 Å². The lowest BCUT2D eigenvalue weighted by Gasteiger charge is -2.37. The van der Waals surface area contributed by atoms with Gasteiger partial charge < -0.3 is 19.9 Å². The van der Waals surface area contributed by atoms with Gasteiger partial charge in [0.25, 0.3) is 0 Å². The van der Waals surface area contributed by atoms with Gasteiger partial charge in [0.2, 0.25) is 0 Å². The molecular weight excluding hydrogens is 360 g/mol. The highest BCUT2D eigenvalue weighted by Crippen LogP contribution is 2.37. The number of aliphatic hydroxyl groups is 1. The van der Waals surface area contributed by atoms with E-state index < -0.39 is 17.7 Å². The summed E-state index contributed by atoms with van der Waals surface area (Å²) < 4.78 is 10.3. The second-order valence-electron chi connectivity index (χ2n) is 6.84. The van der Waals surface area contributed by atoms with Crippen LogP contribution >= 0.6 is 0 Å². The minimum Gasteiger partial charge on any atom is -0.466 e. The number of fused-ring (bicyclic) bond motifs is 1. The molecule has 1 aliphatic rings. The Morgan fingerprint density at radius 2 is 2.00 bits per heavy atom. The molecule has 0 aliphatic heterocycles. The summed E-state index contributed by atoms with van der Waals surface area (Å²) in [5, 5.41) is 13.9. The lowest BCUT2D eigenvalue weighted by molar-refractivity contribution is -0.150. The zero-order chi connectivity index (χ0) is 20.0. The van der Waals surface area contributed by atoms with E-state index in [1.807, 2.05) is 36.4 Å². The lowest BCUT2D eigenvalue weighted by Crippen LogP contribution is -2.47. The zero-order valence-corrected chi connectivity index (χ0v) is 15.8. The highest BCUT2D eigenvalue weighted by Gasteiger charge is 2.42. The van der Waals surface area contributed by atoms with Crippen molar-refractivity contribution in [1.82, 2.24) is 10.3 Å². The van der Waals surface area contributed by atoms with E-state index in [9.17, 15) is 14.7 Å². The molecular formula is C21H24N2O5. The Morgan fingerprint density at radius 1 is 1.21 bits per heavy atom. The maximum Gasteiger partial charge on any atom is 0.407 e. The third kappa shape index (κ3) is 4.86. The standard InChI is InChI=1S/C21H24N2O5/c1-2-27-18(24)13-21(26)12-17(11-16-9-6-10-22-19(16)21)23-20(25)28-14-15-7-4-3-5-8-15/h3-10,17,26H,2,11-14H2,1H3,(H,23,25)/t17-,21+/m1/s1. The first kappa shape index (κ1) is 19.8. The van der Waals surface area contributed by atoms with Crippen molar-refractivity contribution in [2.45, 2.75) is 44.4 Å². The van der Waals surface area contributed by atoms with Gasteiger partial charge in [-0.3, -0.25) is 9.78 Å². The molecule has 0 saturated carbocycles. The molecule has 3 rings (SSSR count). The van der Waals surface area contributed by atoms with Gasteiger partial charge in [0.15, 0.2) is 0 Å². The first-order chi connectivity index (χ1) is 13.5. The Hall–Kier alpha value is -2.93. The van der Waals surface area contributed by atoms with Gasteiger partial charge in [0.05, 0.1) is 18.7 Å². The second kappa shape index (κ2) is 8.84.